The summed E-state index contributed by atoms with van der Waals surface area (Å²) in [6, 6.07) is 13.1. The van der Waals surface area contributed by atoms with Crippen LogP contribution in [-0.2, 0) is 11.2 Å². The zero-order chi connectivity index (χ0) is 16.1. The minimum Gasteiger partial charge on any atom is -0.479 e. The number of nitrogens with two attached hydrogens (primary N) is 1. The van der Waals surface area contributed by atoms with Gasteiger partial charge >= 0.3 is 5.97 Å². The molecule has 2 aromatic carbocycles. The monoisotopic (exact) mass is 295 g/mol. The lowest BCUT2D eigenvalue weighted by atomic mass is 10.0. The molecule has 0 spiro atoms. The molecule has 0 heterocycles. The van der Waals surface area contributed by atoms with Crippen LogP contribution in [0, 0.1) is 11.3 Å². The minimum atomic E-state index is -0.976. The largest absolute Gasteiger partial charge is 0.479 e. The summed E-state index contributed by atoms with van der Waals surface area (Å²) in [7, 11) is 0. The molecule has 0 aromatic heterocycles. The Bertz CT molecular complexity index is 718. The summed E-state index contributed by atoms with van der Waals surface area (Å²) in [4.78, 5) is 11.6. The maximum absolute atomic E-state index is 11.6. The van der Waals surface area contributed by atoms with Gasteiger partial charge in [-0.2, -0.15) is 5.26 Å². The van der Waals surface area contributed by atoms with Crippen LogP contribution in [0.2, 0.25) is 0 Å². The van der Waals surface area contributed by atoms with E-state index in [1.165, 1.54) is 0 Å². The van der Waals surface area contributed by atoms with Gasteiger partial charge in [-0.15, -0.1) is 0 Å². The summed E-state index contributed by atoms with van der Waals surface area (Å²) < 4.78 is 0. The van der Waals surface area contributed by atoms with Gasteiger partial charge in [-0.05, 0) is 47.9 Å². The van der Waals surface area contributed by atoms with Gasteiger partial charge in [0, 0.05) is 11.4 Å². The molecule has 5 heteroatoms. The predicted octanol–water partition coefficient (Wildman–Crippen LogP) is 2.94. The molecule has 22 heavy (non-hydrogen) atoms. The molecule has 5 nitrogen and oxygen atoms in total. The van der Waals surface area contributed by atoms with E-state index in [-0.39, 0.29) is 0 Å². The first-order valence-electron chi connectivity index (χ1n) is 6.93. The van der Waals surface area contributed by atoms with E-state index >= 15 is 0 Å². The Morgan fingerprint density at radius 3 is 2.55 bits per heavy atom. The molecule has 0 bridgehead atoms. The zero-order valence-electron chi connectivity index (χ0n) is 12.2. The van der Waals surface area contributed by atoms with E-state index in [1.807, 2.05) is 19.1 Å². The molecule has 4 N–H and O–H groups in total. The third-order valence-electron chi connectivity index (χ3n) is 3.45. The molecule has 0 fully saturated rings. The summed E-state index contributed by atoms with van der Waals surface area (Å²) in [5.74, 6) is -0.976. The Kier molecular flexibility index (Phi) is 4.64. The number of carboxylic acid groups (broad SMARTS) is 1. The van der Waals surface area contributed by atoms with Crippen LogP contribution in [0.3, 0.4) is 0 Å². The smallest absolute Gasteiger partial charge is 0.330 e. The van der Waals surface area contributed by atoms with Crippen molar-refractivity contribution in [3.63, 3.8) is 0 Å². The molecule has 0 aliphatic rings. The maximum atomic E-state index is 11.6. The standard InChI is InChI=1S/C17H17N3O2/c1-2-12-9-13(5-8-15(12)19)16(17(21)22)20-14-6-3-11(10-18)4-7-14/h3-9,16,20H,2,19H2,1H3,(H,21,22). The lowest BCUT2D eigenvalue weighted by Crippen LogP contribution is -2.20. The van der Waals surface area contributed by atoms with Crippen LogP contribution in [0.15, 0.2) is 42.5 Å². The molecule has 0 radical (unpaired) electrons. The lowest BCUT2D eigenvalue weighted by Gasteiger charge is -2.17. The van der Waals surface area contributed by atoms with Crippen molar-refractivity contribution in [2.45, 2.75) is 19.4 Å². The number of aryl methyl sites for hydroxylation is 1. The number of carbonyl (C=O) groups is 1. The van der Waals surface area contributed by atoms with Crippen molar-refractivity contribution < 1.29 is 9.90 Å². The van der Waals surface area contributed by atoms with Crippen molar-refractivity contribution in [1.29, 1.82) is 5.26 Å². The fourth-order valence-electron chi connectivity index (χ4n) is 2.21. The number of nitrogen functional groups attached to an aromatic ring is 1. The summed E-state index contributed by atoms with van der Waals surface area (Å²) >= 11 is 0. The predicted molar refractivity (Wildman–Crippen MR) is 85.4 cm³/mol. The third kappa shape index (κ3) is 3.36. The van der Waals surface area contributed by atoms with Gasteiger partial charge in [-0.3, -0.25) is 0 Å². The molecule has 112 valence electrons. The van der Waals surface area contributed by atoms with E-state index in [9.17, 15) is 9.90 Å². The van der Waals surface area contributed by atoms with Gasteiger partial charge in [0.2, 0.25) is 0 Å². The maximum Gasteiger partial charge on any atom is 0.330 e. The average Bonchev–Trinajstić information content (AvgIpc) is 2.53. The molecular weight excluding hydrogens is 278 g/mol. The number of nitrogens with zero attached hydrogens (tertiary/aromatic N) is 1. The number of aliphatic carboxylic acids is 1. The molecule has 1 atom stereocenters. The fourth-order valence-corrected chi connectivity index (χ4v) is 2.21. The highest BCUT2D eigenvalue weighted by Crippen LogP contribution is 2.24. The first-order valence-corrected chi connectivity index (χ1v) is 6.93. The molecule has 0 aliphatic heterocycles. The first-order chi connectivity index (χ1) is 10.5. The van der Waals surface area contributed by atoms with Gasteiger partial charge in [-0.25, -0.2) is 4.79 Å². The molecule has 1 unspecified atom stereocenters. The fraction of sp³-hybridized carbons (Fsp3) is 0.176. The van der Waals surface area contributed by atoms with Crippen LogP contribution < -0.4 is 11.1 Å². The summed E-state index contributed by atoms with van der Waals surface area (Å²) in [6.07, 6.45) is 0.739. The van der Waals surface area contributed by atoms with Crippen molar-refractivity contribution in [3.05, 3.63) is 59.2 Å². The lowest BCUT2D eigenvalue weighted by molar-refractivity contribution is -0.138. The number of nitrogens with one attached hydrogen (secondary N) is 1. The molecular formula is C17H17N3O2. The van der Waals surface area contributed by atoms with Gasteiger partial charge in [0.25, 0.3) is 0 Å². The molecule has 0 aliphatic carbocycles. The van der Waals surface area contributed by atoms with Crippen LogP contribution in [0.1, 0.15) is 29.7 Å². The quantitative estimate of drug-likeness (QED) is 0.736. The van der Waals surface area contributed by atoms with E-state index in [0.717, 1.165) is 12.0 Å². The number of benzene rings is 2. The van der Waals surface area contributed by atoms with Gasteiger partial charge in [0.1, 0.15) is 0 Å². The normalized spacial score (nSPS) is 11.5. The van der Waals surface area contributed by atoms with Crippen molar-refractivity contribution in [1.82, 2.24) is 0 Å². The van der Waals surface area contributed by atoms with Gasteiger partial charge < -0.3 is 16.2 Å². The van der Waals surface area contributed by atoms with E-state index in [2.05, 4.69) is 5.32 Å². The number of hydrogen-bond donors (Lipinski definition) is 3. The molecule has 2 rings (SSSR count). The summed E-state index contributed by atoms with van der Waals surface area (Å²) in [6.45, 7) is 1.97. The van der Waals surface area contributed by atoms with Gasteiger partial charge in [0.15, 0.2) is 6.04 Å². The Morgan fingerprint density at radius 1 is 1.32 bits per heavy atom. The number of rotatable bonds is 5. The highest BCUT2D eigenvalue weighted by Gasteiger charge is 2.20. The van der Waals surface area contributed by atoms with E-state index in [4.69, 9.17) is 11.0 Å². The highest BCUT2D eigenvalue weighted by molar-refractivity contribution is 5.79. The molecule has 0 saturated carbocycles. The summed E-state index contributed by atoms with van der Waals surface area (Å²) in [5, 5.41) is 21.2. The number of hydrogen-bond acceptors (Lipinski definition) is 4. The average molecular weight is 295 g/mol. The highest BCUT2D eigenvalue weighted by atomic mass is 16.4. The second-order valence-electron chi connectivity index (χ2n) is 4.92. The molecule has 0 amide bonds. The number of nitriles is 1. The van der Waals surface area contributed by atoms with Crippen molar-refractivity contribution >= 4 is 17.3 Å². The van der Waals surface area contributed by atoms with E-state index in [0.29, 0.717) is 22.5 Å². The second kappa shape index (κ2) is 6.64. The van der Waals surface area contributed by atoms with Crippen LogP contribution >= 0.6 is 0 Å². The van der Waals surface area contributed by atoms with Crippen molar-refractivity contribution in [3.8, 4) is 6.07 Å². The van der Waals surface area contributed by atoms with Gasteiger partial charge in [0.05, 0.1) is 11.6 Å². The Morgan fingerprint density at radius 2 is 2.00 bits per heavy atom. The number of carboxylic acids is 1. The number of anilines is 2. The van der Waals surface area contributed by atoms with Crippen LogP contribution in [0.4, 0.5) is 11.4 Å². The Labute approximate surface area is 129 Å². The van der Waals surface area contributed by atoms with Crippen LogP contribution in [-0.4, -0.2) is 11.1 Å². The summed E-state index contributed by atoms with van der Waals surface area (Å²) in [5.41, 5.74) is 9.25. The zero-order valence-corrected chi connectivity index (χ0v) is 12.2. The Hall–Kier alpha value is -3.00. The third-order valence-corrected chi connectivity index (χ3v) is 3.45. The first kappa shape index (κ1) is 15.4. The van der Waals surface area contributed by atoms with Crippen molar-refractivity contribution in [2.24, 2.45) is 0 Å². The molecule has 0 saturated heterocycles. The van der Waals surface area contributed by atoms with E-state index in [1.54, 1.807) is 36.4 Å². The van der Waals surface area contributed by atoms with E-state index < -0.39 is 12.0 Å². The minimum absolute atomic E-state index is 0.526. The second-order valence-corrected chi connectivity index (χ2v) is 4.92. The SMILES string of the molecule is CCc1cc(C(Nc2ccc(C#N)cc2)C(=O)O)ccc1N. The van der Waals surface area contributed by atoms with Crippen LogP contribution in [0.25, 0.3) is 0 Å². The van der Waals surface area contributed by atoms with Gasteiger partial charge in [-0.1, -0.05) is 19.1 Å². The topological polar surface area (TPSA) is 99.1 Å². The van der Waals surface area contributed by atoms with Crippen molar-refractivity contribution in [2.75, 3.05) is 11.1 Å². The molecule has 2 aromatic rings. The van der Waals surface area contributed by atoms with Crippen LogP contribution in [0.5, 0.6) is 0 Å². The Balaban J connectivity index is 2.30.